The van der Waals surface area contributed by atoms with Crippen molar-refractivity contribution >= 4 is 16.4 Å². The largest absolute Gasteiger partial charge is 0.466 e. The van der Waals surface area contributed by atoms with Crippen molar-refractivity contribution in [1.82, 2.24) is 4.90 Å². The summed E-state index contributed by atoms with van der Waals surface area (Å²) < 4.78 is 32.1. The number of nitrogens with zero attached hydrogens (tertiary/aromatic N) is 2. The third-order valence-electron chi connectivity index (χ3n) is 1.31. The van der Waals surface area contributed by atoms with Crippen LogP contribution in [0.1, 0.15) is 13.8 Å². The number of nitrogens with two attached hydrogens (primary N) is 1. The SMILES string of the molecule is CCN(CC)/C(N)=N\OS(=O)(=O)O. The minimum atomic E-state index is -4.56. The Labute approximate surface area is 77.1 Å². The molecule has 0 radical (unpaired) electrons. The van der Waals surface area contributed by atoms with Gasteiger partial charge >= 0.3 is 10.4 Å². The van der Waals surface area contributed by atoms with Gasteiger partial charge in [-0.25, -0.2) is 4.28 Å². The van der Waals surface area contributed by atoms with E-state index < -0.39 is 10.4 Å². The summed E-state index contributed by atoms with van der Waals surface area (Å²) in [5.74, 6) is -0.0948. The molecule has 0 rings (SSSR count). The van der Waals surface area contributed by atoms with Gasteiger partial charge in [0.2, 0.25) is 5.96 Å². The molecule has 0 saturated heterocycles. The minimum absolute atomic E-state index is 0.0948. The fraction of sp³-hybridized carbons (Fsp3) is 0.800. The molecule has 0 aliphatic rings. The molecule has 0 bridgehead atoms. The van der Waals surface area contributed by atoms with Gasteiger partial charge in [0.25, 0.3) is 0 Å². The smallest absolute Gasteiger partial charge is 0.367 e. The van der Waals surface area contributed by atoms with Gasteiger partial charge < -0.3 is 10.6 Å². The molecule has 3 N–H and O–H groups in total. The number of hydrogen-bond donors (Lipinski definition) is 2. The molecule has 0 amide bonds. The topological polar surface area (TPSA) is 105 Å². The fourth-order valence-corrected chi connectivity index (χ4v) is 0.861. The van der Waals surface area contributed by atoms with Gasteiger partial charge in [-0.2, -0.15) is 8.42 Å². The van der Waals surface area contributed by atoms with E-state index in [2.05, 4.69) is 9.44 Å². The second-order valence-electron chi connectivity index (χ2n) is 2.12. The monoisotopic (exact) mass is 211 g/mol. The van der Waals surface area contributed by atoms with E-state index in [4.69, 9.17) is 10.3 Å². The molecule has 13 heavy (non-hydrogen) atoms. The molecule has 0 heterocycles. The van der Waals surface area contributed by atoms with Crippen LogP contribution < -0.4 is 5.73 Å². The Bertz CT molecular complexity index is 270. The van der Waals surface area contributed by atoms with Gasteiger partial charge in [-0.1, -0.05) is 0 Å². The average molecular weight is 211 g/mol. The summed E-state index contributed by atoms with van der Waals surface area (Å²) >= 11 is 0. The first-order valence-corrected chi connectivity index (χ1v) is 5.01. The molecule has 0 unspecified atom stereocenters. The van der Waals surface area contributed by atoms with E-state index in [1.165, 1.54) is 0 Å². The van der Waals surface area contributed by atoms with Crippen LogP contribution in [0.5, 0.6) is 0 Å². The zero-order valence-corrected chi connectivity index (χ0v) is 8.28. The number of rotatable bonds is 4. The van der Waals surface area contributed by atoms with Gasteiger partial charge in [0.15, 0.2) is 0 Å². The van der Waals surface area contributed by atoms with Gasteiger partial charge in [0, 0.05) is 13.1 Å². The van der Waals surface area contributed by atoms with Crippen LogP contribution in [0.2, 0.25) is 0 Å². The van der Waals surface area contributed by atoms with Gasteiger partial charge in [0.1, 0.15) is 0 Å². The van der Waals surface area contributed by atoms with E-state index in [9.17, 15) is 8.42 Å². The van der Waals surface area contributed by atoms with E-state index >= 15 is 0 Å². The summed E-state index contributed by atoms with van der Waals surface area (Å²) in [6.07, 6.45) is 0. The predicted octanol–water partition coefficient (Wildman–Crippen LogP) is -0.623. The zero-order valence-electron chi connectivity index (χ0n) is 7.47. The van der Waals surface area contributed by atoms with Crippen LogP contribution in [-0.4, -0.2) is 36.9 Å². The number of oxime groups is 1. The van der Waals surface area contributed by atoms with E-state index in [1.54, 1.807) is 4.90 Å². The number of hydrogen-bond acceptors (Lipinski definition) is 4. The molecule has 0 aliphatic carbocycles. The Morgan fingerprint density at radius 2 is 2.00 bits per heavy atom. The Kier molecular flexibility index (Phi) is 4.49. The second kappa shape index (κ2) is 4.87. The van der Waals surface area contributed by atoms with E-state index in [-0.39, 0.29) is 5.96 Å². The molecule has 0 aromatic carbocycles. The van der Waals surface area contributed by atoms with E-state index in [0.717, 1.165) is 0 Å². The normalized spacial score (nSPS) is 12.7. The standard InChI is InChI=1S/C5H13N3O4S/c1-3-8(4-2)5(6)7-12-13(9,10)11/h3-4H2,1-2H3,(H2,6,7)(H,9,10,11). The lowest BCUT2D eigenvalue weighted by molar-refractivity contribution is 0.273. The maximum atomic E-state index is 10.1. The van der Waals surface area contributed by atoms with Crippen LogP contribution in [0.4, 0.5) is 0 Å². The van der Waals surface area contributed by atoms with Crippen molar-refractivity contribution < 1.29 is 17.3 Å². The van der Waals surface area contributed by atoms with Crippen LogP contribution in [0.15, 0.2) is 5.16 Å². The van der Waals surface area contributed by atoms with Crippen LogP contribution in [0.25, 0.3) is 0 Å². The summed E-state index contributed by atoms with van der Waals surface area (Å²) in [6, 6.07) is 0. The van der Waals surface area contributed by atoms with Gasteiger partial charge in [0.05, 0.1) is 0 Å². The van der Waals surface area contributed by atoms with Crippen molar-refractivity contribution in [2.45, 2.75) is 13.8 Å². The predicted molar refractivity (Wildman–Crippen MR) is 47.2 cm³/mol. The summed E-state index contributed by atoms with van der Waals surface area (Å²) in [4.78, 5) is 1.56. The molecule has 0 aromatic heterocycles. The van der Waals surface area contributed by atoms with Gasteiger partial charge in [-0.3, -0.25) is 4.55 Å². The highest BCUT2D eigenvalue weighted by atomic mass is 32.3. The lowest BCUT2D eigenvalue weighted by atomic mass is 10.5. The first kappa shape index (κ1) is 12.0. The highest BCUT2D eigenvalue weighted by molar-refractivity contribution is 7.80. The quantitative estimate of drug-likeness (QED) is 0.278. The van der Waals surface area contributed by atoms with Crippen molar-refractivity contribution in [2.24, 2.45) is 10.9 Å². The molecular weight excluding hydrogens is 198 g/mol. The van der Waals surface area contributed by atoms with Crippen molar-refractivity contribution in [3.63, 3.8) is 0 Å². The molecular formula is C5H13N3O4S. The third kappa shape index (κ3) is 5.26. The highest BCUT2D eigenvalue weighted by Gasteiger charge is 2.07. The van der Waals surface area contributed by atoms with Crippen LogP contribution in [0, 0.1) is 0 Å². The van der Waals surface area contributed by atoms with Gasteiger partial charge in [-0.05, 0) is 19.0 Å². The summed E-state index contributed by atoms with van der Waals surface area (Å²) in [5, 5.41) is 3.02. The van der Waals surface area contributed by atoms with Crippen molar-refractivity contribution in [1.29, 1.82) is 0 Å². The van der Waals surface area contributed by atoms with E-state index in [0.29, 0.717) is 13.1 Å². The summed E-state index contributed by atoms with van der Waals surface area (Å²) in [5.41, 5.74) is 5.32. The van der Waals surface area contributed by atoms with Crippen LogP contribution >= 0.6 is 0 Å². The van der Waals surface area contributed by atoms with Crippen molar-refractivity contribution in [3.05, 3.63) is 0 Å². The Morgan fingerprint density at radius 1 is 1.54 bits per heavy atom. The Balaban J connectivity index is 4.31. The molecule has 0 aliphatic heterocycles. The average Bonchev–Trinajstić information content (AvgIpc) is 2.02. The zero-order chi connectivity index (χ0) is 10.5. The first-order valence-electron chi connectivity index (χ1n) is 3.65. The molecule has 7 nitrogen and oxygen atoms in total. The molecule has 0 fully saturated rings. The summed E-state index contributed by atoms with van der Waals surface area (Å²) in [7, 11) is -4.56. The van der Waals surface area contributed by atoms with Crippen LogP contribution in [0.3, 0.4) is 0 Å². The maximum absolute atomic E-state index is 10.1. The second-order valence-corrected chi connectivity index (χ2v) is 3.13. The molecule has 78 valence electrons. The van der Waals surface area contributed by atoms with Crippen molar-refractivity contribution in [3.8, 4) is 0 Å². The lowest BCUT2D eigenvalue weighted by Crippen LogP contribution is -2.37. The molecule has 0 saturated carbocycles. The van der Waals surface area contributed by atoms with E-state index in [1.807, 2.05) is 13.8 Å². The van der Waals surface area contributed by atoms with Gasteiger partial charge in [-0.15, -0.1) is 0 Å². The fourth-order valence-electron chi connectivity index (χ4n) is 0.691. The maximum Gasteiger partial charge on any atom is 0.466 e. The third-order valence-corrected chi connectivity index (χ3v) is 1.58. The highest BCUT2D eigenvalue weighted by Crippen LogP contribution is 1.91. The molecule has 0 aromatic rings. The Morgan fingerprint density at radius 3 is 2.31 bits per heavy atom. The number of guanidine groups is 1. The molecule has 8 heteroatoms. The lowest BCUT2D eigenvalue weighted by Gasteiger charge is -2.17. The Hall–Kier alpha value is -1.02. The van der Waals surface area contributed by atoms with Crippen molar-refractivity contribution in [2.75, 3.05) is 13.1 Å². The summed E-state index contributed by atoms with van der Waals surface area (Å²) in [6.45, 7) is 4.78. The minimum Gasteiger partial charge on any atom is -0.367 e. The first-order chi connectivity index (χ1) is 5.90. The van der Waals surface area contributed by atoms with Crippen LogP contribution in [-0.2, 0) is 14.7 Å². The molecule has 0 atom stereocenters. The molecule has 0 spiro atoms.